The molecular formula is C16H25NO. The van der Waals surface area contributed by atoms with Gasteiger partial charge in [-0.2, -0.15) is 0 Å². The minimum Gasteiger partial charge on any atom is -0.496 e. The van der Waals surface area contributed by atoms with E-state index < -0.39 is 0 Å². The summed E-state index contributed by atoms with van der Waals surface area (Å²) in [6.45, 7) is 7.79. The van der Waals surface area contributed by atoms with Gasteiger partial charge in [0, 0.05) is 12.1 Å². The van der Waals surface area contributed by atoms with Crippen molar-refractivity contribution in [3.05, 3.63) is 29.8 Å². The van der Waals surface area contributed by atoms with Crippen LogP contribution in [0.4, 0.5) is 0 Å². The van der Waals surface area contributed by atoms with Gasteiger partial charge in [0.2, 0.25) is 0 Å². The molecule has 0 amide bonds. The number of para-hydroxylation sites is 1. The largest absolute Gasteiger partial charge is 0.496 e. The molecule has 0 aliphatic heterocycles. The van der Waals surface area contributed by atoms with Gasteiger partial charge in [0.15, 0.2) is 0 Å². The summed E-state index contributed by atoms with van der Waals surface area (Å²) < 4.78 is 5.44. The lowest BCUT2D eigenvalue weighted by Crippen LogP contribution is -2.40. The molecule has 1 N–H and O–H groups in total. The van der Waals surface area contributed by atoms with E-state index in [1.165, 1.54) is 18.4 Å². The number of hydrogen-bond acceptors (Lipinski definition) is 2. The molecule has 1 aliphatic rings. The zero-order valence-electron chi connectivity index (χ0n) is 12.0. The monoisotopic (exact) mass is 247 g/mol. The van der Waals surface area contributed by atoms with Gasteiger partial charge in [-0.25, -0.2) is 0 Å². The standard InChI is InChI=1S/C16H25NO/c1-15(2,3)17-12-16(9-10-16)11-13-7-5-6-8-14(13)18-4/h5-8,17H,9-12H2,1-4H3. The fourth-order valence-electron chi connectivity index (χ4n) is 2.30. The first-order chi connectivity index (χ1) is 8.44. The molecule has 1 aromatic rings. The molecule has 2 heteroatoms. The number of rotatable bonds is 5. The molecule has 2 nitrogen and oxygen atoms in total. The zero-order chi connectivity index (χ0) is 13.2. The third kappa shape index (κ3) is 3.49. The second-order valence-corrected chi connectivity index (χ2v) is 6.59. The summed E-state index contributed by atoms with van der Waals surface area (Å²) in [4.78, 5) is 0. The second kappa shape index (κ2) is 4.93. The summed E-state index contributed by atoms with van der Waals surface area (Å²) in [5.74, 6) is 1.03. The molecular weight excluding hydrogens is 222 g/mol. The highest BCUT2D eigenvalue weighted by Crippen LogP contribution is 2.49. The lowest BCUT2D eigenvalue weighted by Gasteiger charge is -2.25. The van der Waals surface area contributed by atoms with Gasteiger partial charge in [-0.1, -0.05) is 18.2 Å². The third-order valence-corrected chi connectivity index (χ3v) is 3.71. The predicted molar refractivity (Wildman–Crippen MR) is 76.1 cm³/mol. The fourth-order valence-corrected chi connectivity index (χ4v) is 2.30. The fraction of sp³-hybridized carbons (Fsp3) is 0.625. The molecule has 0 unspecified atom stereocenters. The Morgan fingerprint density at radius 2 is 1.89 bits per heavy atom. The average molecular weight is 247 g/mol. The van der Waals surface area contributed by atoms with Gasteiger partial charge in [0.05, 0.1) is 7.11 Å². The van der Waals surface area contributed by atoms with E-state index in [2.05, 4.69) is 44.3 Å². The van der Waals surface area contributed by atoms with Gasteiger partial charge in [0.25, 0.3) is 0 Å². The molecule has 0 aromatic heterocycles. The van der Waals surface area contributed by atoms with Crippen molar-refractivity contribution in [3.8, 4) is 5.75 Å². The summed E-state index contributed by atoms with van der Waals surface area (Å²) >= 11 is 0. The molecule has 0 saturated heterocycles. The zero-order valence-corrected chi connectivity index (χ0v) is 12.0. The van der Waals surface area contributed by atoms with E-state index in [-0.39, 0.29) is 5.54 Å². The van der Waals surface area contributed by atoms with Crippen molar-refractivity contribution in [1.29, 1.82) is 0 Å². The van der Waals surface area contributed by atoms with Gasteiger partial charge in [-0.3, -0.25) is 0 Å². The van der Waals surface area contributed by atoms with E-state index in [1.54, 1.807) is 7.11 Å². The number of nitrogens with one attached hydrogen (secondary N) is 1. The quantitative estimate of drug-likeness (QED) is 0.861. The van der Waals surface area contributed by atoms with E-state index in [0.717, 1.165) is 18.7 Å². The van der Waals surface area contributed by atoms with Gasteiger partial charge < -0.3 is 10.1 Å². The Hall–Kier alpha value is -1.02. The molecule has 100 valence electrons. The summed E-state index contributed by atoms with van der Waals surface area (Å²) in [5.41, 5.74) is 2.01. The topological polar surface area (TPSA) is 21.3 Å². The molecule has 0 heterocycles. The Kier molecular flexibility index (Phi) is 3.67. The van der Waals surface area contributed by atoms with E-state index in [9.17, 15) is 0 Å². The highest BCUT2D eigenvalue weighted by molar-refractivity contribution is 5.35. The molecule has 1 aliphatic carbocycles. The van der Waals surface area contributed by atoms with E-state index in [4.69, 9.17) is 4.74 Å². The number of benzene rings is 1. The molecule has 18 heavy (non-hydrogen) atoms. The maximum Gasteiger partial charge on any atom is 0.122 e. The van der Waals surface area contributed by atoms with Crippen molar-refractivity contribution in [2.45, 2.75) is 45.6 Å². The average Bonchev–Trinajstić information content (AvgIpc) is 3.07. The van der Waals surface area contributed by atoms with Crippen LogP contribution >= 0.6 is 0 Å². The highest BCUT2D eigenvalue weighted by atomic mass is 16.5. The van der Waals surface area contributed by atoms with Crippen LogP contribution in [0, 0.1) is 5.41 Å². The molecule has 0 atom stereocenters. The van der Waals surface area contributed by atoms with Crippen LogP contribution < -0.4 is 10.1 Å². The van der Waals surface area contributed by atoms with E-state index in [1.807, 2.05) is 6.07 Å². The maximum atomic E-state index is 5.44. The second-order valence-electron chi connectivity index (χ2n) is 6.59. The molecule has 1 saturated carbocycles. The molecule has 2 rings (SSSR count). The van der Waals surface area contributed by atoms with Gasteiger partial charge in [-0.15, -0.1) is 0 Å². The summed E-state index contributed by atoms with van der Waals surface area (Å²) in [6.07, 6.45) is 3.78. The number of hydrogen-bond donors (Lipinski definition) is 1. The van der Waals surface area contributed by atoms with Crippen molar-refractivity contribution < 1.29 is 4.74 Å². The van der Waals surface area contributed by atoms with Crippen LogP contribution in [0.15, 0.2) is 24.3 Å². The van der Waals surface area contributed by atoms with E-state index >= 15 is 0 Å². The van der Waals surface area contributed by atoms with Crippen molar-refractivity contribution in [2.75, 3.05) is 13.7 Å². The van der Waals surface area contributed by atoms with Gasteiger partial charge in [0.1, 0.15) is 5.75 Å². The first-order valence-electron chi connectivity index (χ1n) is 6.81. The summed E-state index contributed by atoms with van der Waals surface area (Å²) in [6, 6.07) is 8.39. The Bertz CT molecular complexity index is 402. The Morgan fingerprint density at radius 3 is 2.44 bits per heavy atom. The lowest BCUT2D eigenvalue weighted by molar-refractivity contribution is 0.350. The maximum absolute atomic E-state index is 5.44. The smallest absolute Gasteiger partial charge is 0.122 e. The summed E-state index contributed by atoms with van der Waals surface area (Å²) in [7, 11) is 1.76. The molecule has 0 bridgehead atoms. The minimum absolute atomic E-state index is 0.205. The Morgan fingerprint density at radius 1 is 1.22 bits per heavy atom. The first kappa shape index (κ1) is 13.4. The van der Waals surface area contributed by atoms with Gasteiger partial charge in [-0.05, 0) is 57.1 Å². The predicted octanol–water partition coefficient (Wildman–Crippen LogP) is 3.41. The molecule has 0 spiro atoms. The Labute approximate surface area is 111 Å². The van der Waals surface area contributed by atoms with Crippen molar-refractivity contribution in [1.82, 2.24) is 5.32 Å². The van der Waals surface area contributed by atoms with E-state index in [0.29, 0.717) is 5.41 Å². The van der Waals surface area contributed by atoms with Crippen LogP contribution in [0.1, 0.15) is 39.2 Å². The lowest BCUT2D eigenvalue weighted by atomic mass is 9.94. The van der Waals surface area contributed by atoms with Crippen molar-refractivity contribution in [3.63, 3.8) is 0 Å². The number of methoxy groups -OCH3 is 1. The first-order valence-corrected chi connectivity index (χ1v) is 6.81. The summed E-state index contributed by atoms with van der Waals surface area (Å²) in [5, 5.41) is 3.64. The molecule has 1 fully saturated rings. The number of ether oxygens (including phenoxy) is 1. The van der Waals surface area contributed by atoms with Crippen LogP contribution in [0.3, 0.4) is 0 Å². The normalized spacial score (nSPS) is 17.6. The van der Waals surface area contributed by atoms with Crippen molar-refractivity contribution >= 4 is 0 Å². The Balaban J connectivity index is 2.00. The van der Waals surface area contributed by atoms with Crippen LogP contribution in [0.25, 0.3) is 0 Å². The minimum atomic E-state index is 0.205. The van der Waals surface area contributed by atoms with Crippen LogP contribution in [-0.2, 0) is 6.42 Å². The molecule has 1 aromatic carbocycles. The highest BCUT2D eigenvalue weighted by Gasteiger charge is 2.43. The SMILES string of the molecule is COc1ccccc1CC1(CNC(C)(C)C)CC1. The van der Waals surface area contributed by atoms with Crippen LogP contribution in [-0.4, -0.2) is 19.2 Å². The van der Waals surface area contributed by atoms with Crippen LogP contribution in [0.5, 0.6) is 5.75 Å². The van der Waals surface area contributed by atoms with Crippen LogP contribution in [0.2, 0.25) is 0 Å². The molecule has 0 radical (unpaired) electrons. The van der Waals surface area contributed by atoms with Gasteiger partial charge >= 0.3 is 0 Å². The third-order valence-electron chi connectivity index (χ3n) is 3.71. The van der Waals surface area contributed by atoms with Crippen molar-refractivity contribution in [2.24, 2.45) is 5.41 Å².